The number of hydrogen-bond donors (Lipinski definition) is 0. The number of rotatable bonds is 14. The van der Waals surface area contributed by atoms with E-state index in [1.165, 1.54) is 64.5 Å². The van der Waals surface area contributed by atoms with Gasteiger partial charge in [0.2, 0.25) is 0 Å². The van der Waals surface area contributed by atoms with E-state index in [1.807, 2.05) is 13.8 Å². The fourth-order valence-electron chi connectivity index (χ4n) is 4.20. The van der Waals surface area contributed by atoms with Gasteiger partial charge in [0.25, 0.3) is 0 Å². The van der Waals surface area contributed by atoms with Crippen molar-refractivity contribution < 1.29 is 9.53 Å². The zero-order chi connectivity index (χ0) is 19.4. The summed E-state index contributed by atoms with van der Waals surface area (Å²) in [6, 6.07) is 0. The molecule has 154 valence electrons. The highest BCUT2D eigenvalue weighted by Crippen LogP contribution is 2.20. The molecule has 2 atom stereocenters. The molecule has 1 rings (SSSR count). The third-order valence-electron chi connectivity index (χ3n) is 5.52. The van der Waals surface area contributed by atoms with Crippen LogP contribution >= 0.6 is 0 Å². The quantitative estimate of drug-likeness (QED) is 0.254. The lowest BCUT2D eigenvalue weighted by Gasteiger charge is -2.34. The van der Waals surface area contributed by atoms with E-state index in [4.69, 9.17) is 4.74 Å². The Balaban J connectivity index is 2.32. The summed E-state index contributed by atoms with van der Waals surface area (Å²) in [5.41, 5.74) is 0. The van der Waals surface area contributed by atoms with E-state index in [0.717, 1.165) is 13.1 Å². The lowest BCUT2D eigenvalue weighted by molar-refractivity contribution is -0.148. The second-order valence-corrected chi connectivity index (χ2v) is 11.4. The van der Waals surface area contributed by atoms with Crippen molar-refractivity contribution in [2.24, 2.45) is 5.92 Å². The van der Waals surface area contributed by atoms with Gasteiger partial charge >= 0.3 is 5.97 Å². The first kappa shape index (κ1) is 23.6. The molecule has 0 aromatic heterocycles. The van der Waals surface area contributed by atoms with Gasteiger partial charge in [-0.3, -0.25) is 14.6 Å². The highest BCUT2D eigenvalue weighted by Gasteiger charge is 2.35. The minimum Gasteiger partial charge on any atom is -0.466 e. The monoisotopic (exact) mass is 384 g/mol. The van der Waals surface area contributed by atoms with Gasteiger partial charge in [0.05, 0.1) is 21.3 Å². The zero-order valence-corrected chi connectivity index (χ0v) is 19.3. The van der Waals surface area contributed by atoms with Gasteiger partial charge in [-0.1, -0.05) is 71.9 Å². The molecule has 5 heteroatoms. The van der Waals surface area contributed by atoms with E-state index in [9.17, 15) is 4.79 Å². The highest BCUT2D eigenvalue weighted by atomic mass is 28.3. The molecule has 0 aromatic carbocycles. The number of hydrogen-bond acceptors (Lipinski definition) is 4. The molecule has 0 N–H and O–H groups in total. The van der Waals surface area contributed by atoms with Gasteiger partial charge in [0.1, 0.15) is 0 Å². The topological polar surface area (TPSA) is 32.8 Å². The van der Waals surface area contributed by atoms with Gasteiger partial charge in [0, 0.05) is 25.4 Å². The molecular weight excluding hydrogens is 340 g/mol. The van der Waals surface area contributed by atoms with Crippen molar-refractivity contribution in [3.63, 3.8) is 0 Å². The van der Waals surface area contributed by atoms with Gasteiger partial charge in [-0.05, 0) is 19.9 Å². The lowest BCUT2D eigenvalue weighted by atomic mass is 10.1. The van der Waals surface area contributed by atoms with Crippen LogP contribution in [0.4, 0.5) is 0 Å². The third-order valence-corrected chi connectivity index (χ3v) is 7.55. The normalized spacial score (nSPS) is 20.0. The molecule has 0 bridgehead atoms. The van der Waals surface area contributed by atoms with Crippen LogP contribution in [-0.2, 0) is 9.53 Å². The Labute approximate surface area is 164 Å². The fourth-order valence-corrected chi connectivity index (χ4v) is 6.45. The zero-order valence-electron chi connectivity index (χ0n) is 18.1. The van der Waals surface area contributed by atoms with Crippen molar-refractivity contribution in [2.45, 2.75) is 91.0 Å². The molecule has 1 heterocycles. The maximum Gasteiger partial charge on any atom is 0.309 e. The number of carbonyl (C=O) groups excluding carboxylic acids is 1. The molecule has 0 aromatic rings. The largest absolute Gasteiger partial charge is 0.466 e. The summed E-state index contributed by atoms with van der Waals surface area (Å²) in [5.74, 6) is 0.544. The first-order valence-electron chi connectivity index (χ1n) is 11.2. The average Bonchev–Trinajstić information content (AvgIpc) is 3.00. The van der Waals surface area contributed by atoms with Crippen molar-refractivity contribution in [1.29, 1.82) is 0 Å². The van der Waals surface area contributed by atoms with Crippen LogP contribution in [0.1, 0.15) is 72.1 Å². The van der Waals surface area contributed by atoms with Crippen LogP contribution in [0.15, 0.2) is 0 Å². The van der Waals surface area contributed by atoms with Gasteiger partial charge in [-0.15, -0.1) is 0 Å². The van der Waals surface area contributed by atoms with Crippen molar-refractivity contribution in [3.8, 4) is 0 Å². The predicted octanol–water partition coefficient (Wildman–Crippen LogP) is 4.30. The molecular formula is C21H44N2O2Si. The predicted molar refractivity (Wildman–Crippen MR) is 114 cm³/mol. The third kappa shape index (κ3) is 8.53. The SMILES string of the molecule is CCCCCCCCCCN1CCN(CC(C)C(=O)OCC)C1[SiH](C)C. The van der Waals surface area contributed by atoms with Gasteiger partial charge in [-0.25, -0.2) is 0 Å². The molecule has 1 saturated heterocycles. The summed E-state index contributed by atoms with van der Waals surface area (Å²) in [7, 11) is -0.823. The second-order valence-electron chi connectivity index (χ2n) is 8.32. The number of carbonyl (C=O) groups is 1. The number of ether oxygens (including phenoxy) is 1. The first-order chi connectivity index (χ1) is 12.5. The number of unbranched alkanes of at least 4 members (excludes halogenated alkanes) is 7. The van der Waals surface area contributed by atoms with E-state index in [1.54, 1.807) is 0 Å². The van der Waals surface area contributed by atoms with E-state index in [2.05, 4.69) is 29.8 Å². The molecule has 0 radical (unpaired) electrons. The minimum atomic E-state index is -0.823. The lowest BCUT2D eigenvalue weighted by Crippen LogP contribution is -2.49. The van der Waals surface area contributed by atoms with Crippen molar-refractivity contribution in [2.75, 3.05) is 32.8 Å². The highest BCUT2D eigenvalue weighted by molar-refractivity contribution is 6.57. The molecule has 4 nitrogen and oxygen atoms in total. The summed E-state index contributed by atoms with van der Waals surface area (Å²) in [4.78, 5) is 17.2. The Morgan fingerprint density at radius 2 is 1.58 bits per heavy atom. The molecule has 1 aliphatic rings. The molecule has 0 saturated carbocycles. The molecule has 1 aliphatic heterocycles. The van der Waals surface area contributed by atoms with Crippen LogP contribution < -0.4 is 0 Å². The summed E-state index contributed by atoms with van der Waals surface area (Å²) in [5, 5.41) is 0. The summed E-state index contributed by atoms with van der Waals surface area (Å²) in [6.07, 6.45) is 11.1. The Morgan fingerprint density at radius 1 is 1.00 bits per heavy atom. The Hall–Kier alpha value is -0.393. The standard InChI is InChI=1S/C21H44N2O2Si/c1-6-8-9-10-11-12-13-14-15-22-16-17-23(21(22)26(4)5)18-19(3)20(24)25-7-2/h19,21,26H,6-18H2,1-5H3. The van der Waals surface area contributed by atoms with Crippen molar-refractivity contribution in [3.05, 3.63) is 0 Å². The van der Waals surface area contributed by atoms with E-state index in [0.29, 0.717) is 12.4 Å². The molecule has 0 aliphatic carbocycles. The summed E-state index contributed by atoms with van der Waals surface area (Å²) < 4.78 is 5.20. The van der Waals surface area contributed by atoms with Crippen LogP contribution in [0.3, 0.4) is 0 Å². The van der Waals surface area contributed by atoms with E-state index < -0.39 is 8.80 Å². The van der Waals surface area contributed by atoms with Crippen molar-refractivity contribution >= 4 is 14.8 Å². The van der Waals surface area contributed by atoms with Gasteiger partial charge in [-0.2, -0.15) is 0 Å². The average molecular weight is 385 g/mol. The minimum absolute atomic E-state index is 0.0201. The summed E-state index contributed by atoms with van der Waals surface area (Å²) in [6.45, 7) is 15.9. The number of nitrogens with zero attached hydrogens (tertiary/aromatic N) is 2. The van der Waals surface area contributed by atoms with Gasteiger partial charge < -0.3 is 4.74 Å². The van der Waals surface area contributed by atoms with Crippen molar-refractivity contribution in [1.82, 2.24) is 9.80 Å². The fraction of sp³-hybridized carbons (Fsp3) is 0.952. The maximum atomic E-state index is 12.0. The van der Waals surface area contributed by atoms with Crippen LogP contribution in [0.2, 0.25) is 13.1 Å². The summed E-state index contributed by atoms with van der Waals surface area (Å²) >= 11 is 0. The van der Waals surface area contributed by atoms with E-state index >= 15 is 0 Å². The maximum absolute atomic E-state index is 12.0. The Bertz CT molecular complexity index is 379. The first-order valence-corrected chi connectivity index (χ1v) is 14.1. The second kappa shape index (κ2) is 13.7. The smallest absolute Gasteiger partial charge is 0.309 e. The van der Waals surface area contributed by atoms with Crippen LogP contribution in [0, 0.1) is 5.92 Å². The van der Waals surface area contributed by atoms with Crippen LogP contribution in [0.25, 0.3) is 0 Å². The number of esters is 1. The molecule has 0 spiro atoms. The molecule has 1 fully saturated rings. The van der Waals surface area contributed by atoms with Gasteiger partial charge in [0.15, 0.2) is 0 Å². The van der Waals surface area contributed by atoms with Crippen LogP contribution in [-0.4, -0.2) is 63.1 Å². The van der Waals surface area contributed by atoms with Crippen LogP contribution in [0.5, 0.6) is 0 Å². The molecule has 2 unspecified atom stereocenters. The van der Waals surface area contributed by atoms with E-state index in [-0.39, 0.29) is 11.9 Å². The Morgan fingerprint density at radius 3 is 2.15 bits per heavy atom. The molecule has 26 heavy (non-hydrogen) atoms. The Kier molecular flexibility index (Phi) is 12.5. The molecule has 0 amide bonds.